The summed E-state index contributed by atoms with van der Waals surface area (Å²) < 4.78 is 11.8. The first-order valence-electron chi connectivity index (χ1n) is 2.06. The second-order valence-corrected chi connectivity index (χ2v) is 1.31. The minimum absolute atomic E-state index is 0.102. The number of hydrogen-bond acceptors (Lipinski definition) is 3. The molecule has 42 valence electrons. The minimum Gasteiger partial charge on any atom is -0.291 e. The van der Waals surface area contributed by atoms with Crippen LogP contribution in [-0.2, 0) is 4.79 Å². The van der Waals surface area contributed by atoms with Crippen molar-refractivity contribution in [3.63, 3.8) is 0 Å². The van der Waals surface area contributed by atoms with Gasteiger partial charge < -0.3 is 0 Å². The fourth-order valence-corrected chi connectivity index (χ4v) is 0.350. The second-order valence-electron chi connectivity index (χ2n) is 1.31. The van der Waals surface area contributed by atoms with Gasteiger partial charge in [0, 0.05) is 0 Å². The summed E-state index contributed by atoms with van der Waals surface area (Å²) in [6.45, 7) is -0.102. The summed E-state index contributed by atoms with van der Waals surface area (Å²) in [7, 11) is 0. The van der Waals surface area contributed by atoms with Crippen LogP contribution in [0.2, 0.25) is 0 Å². The van der Waals surface area contributed by atoms with Crippen molar-refractivity contribution in [3.8, 4) is 0 Å². The van der Waals surface area contributed by atoms with Gasteiger partial charge in [-0.25, -0.2) is 9.98 Å². The highest BCUT2D eigenvalue weighted by molar-refractivity contribution is 6.31. The summed E-state index contributed by atoms with van der Waals surface area (Å²) in [5.41, 5.74) is 0. The zero-order chi connectivity index (χ0) is 5.98. The van der Waals surface area contributed by atoms with Crippen molar-refractivity contribution >= 4 is 18.1 Å². The Kier molecular flexibility index (Phi) is 1.15. The number of carbonyl (C=O) groups excluding carboxylic acids is 1. The van der Waals surface area contributed by atoms with Gasteiger partial charge in [-0.2, -0.15) is 4.39 Å². The highest BCUT2D eigenvalue weighted by Crippen LogP contribution is 1.88. The van der Waals surface area contributed by atoms with E-state index in [-0.39, 0.29) is 12.3 Å². The standard InChI is InChI=1S/C4H3FN2O/c5-4-6-1-3(8)2-7-4/h1H,2H2. The molecule has 0 aliphatic carbocycles. The predicted octanol–water partition coefficient (Wildman–Crippen LogP) is -0.0346. The SMILES string of the molecule is O=C1C=NC(F)=NC1. The maximum Gasteiger partial charge on any atom is 0.304 e. The van der Waals surface area contributed by atoms with Crippen molar-refractivity contribution in [1.29, 1.82) is 0 Å². The molecule has 1 rings (SSSR count). The van der Waals surface area contributed by atoms with E-state index in [1.807, 2.05) is 0 Å². The Morgan fingerprint density at radius 2 is 2.50 bits per heavy atom. The van der Waals surface area contributed by atoms with Crippen LogP contribution in [0.3, 0.4) is 0 Å². The predicted molar refractivity (Wildman–Crippen MR) is 26.9 cm³/mol. The van der Waals surface area contributed by atoms with Crippen molar-refractivity contribution in [3.05, 3.63) is 0 Å². The summed E-state index contributed by atoms with van der Waals surface area (Å²) in [4.78, 5) is 16.3. The van der Waals surface area contributed by atoms with Gasteiger partial charge in [0.1, 0.15) is 6.54 Å². The molecular weight excluding hydrogens is 111 g/mol. The van der Waals surface area contributed by atoms with Crippen LogP contribution in [0, 0.1) is 0 Å². The monoisotopic (exact) mass is 114 g/mol. The van der Waals surface area contributed by atoms with Gasteiger partial charge in [-0.3, -0.25) is 4.79 Å². The molecule has 4 heteroatoms. The molecule has 0 aromatic rings. The van der Waals surface area contributed by atoms with E-state index in [1.165, 1.54) is 0 Å². The highest BCUT2D eigenvalue weighted by atomic mass is 19.1. The normalized spacial score (nSPS) is 18.6. The van der Waals surface area contributed by atoms with Gasteiger partial charge in [0.2, 0.25) is 0 Å². The summed E-state index contributed by atoms with van der Waals surface area (Å²) in [5, 5.41) is 0. The molecule has 0 atom stereocenters. The van der Waals surface area contributed by atoms with E-state index >= 15 is 0 Å². The summed E-state index contributed by atoms with van der Waals surface area (Å²) in [6, 6.07) is 0. The molecular formula is C4H3FN2O. The molecule has 0 radical (unpaired) electrons. The summed E-state index contributed by atoms with van der Waals surface area (Å²) in [6.07, 6.45) is 0.118. The first-order valence-corrected chi connectivity index (χ1v) is 2.06. The number of nitrogens with zero attached hydrogens (tertiary/aromatic N) is 2. The zero-order valence-electron chi connectivity index (χ0n) is 3.97. The van der Waals surface area contributed by atoms with Crippen LogP contribution >= 0.6 is 0 Å². The smallest absolute Gasteiger partial charge is 0.291 e. The quantitative estimate of drug-likeness (QED) is 0.407. The minimum atomic E-state index is -0.815. The molecule has 0 saturated carbocycles. The molecule has 1 aliphatic heterocycles. The van der Waals surface area contributed by atoms with Crippen LogP contribution < -0.4 is 0 Å². The van der Waals surface area contributed by atoms with Crippen molar-refractivity contribution in [2.75, 3.05) is 6.54 Å². The van der Waals surface area contributed by atoms with Gasteiger partial charge in [-0.05, 0) is 0 Å². The molecule has 0 bridgehead atoms. The van der Waals surface area contributed by atoms with Gasteiger partial charge in [0.05, 0.1) is 6.21 Å². The molecule has 0 N–H and O–H groups in total. The fraction of sp³-hybridized carbons (Fsp3) is 0.250. The Hall–Kier alpha value is -1.06. The summed E-state index contributed by atoms with van der Waals surface area (Å²) in [5.74, 6) is -0.258. The van der Waals surface area contributed by atoms with Gasteiger partial charge in [-0.15, -0.1) is 0 Å². The third-order valence-corrected chi connectivity index (χ3v) is 0.680. The van der Waals surface area contributed by atoms with Crippen molar-refractivity contribution in [2.45, 2.75) is 0 Å². The third kappa shape index (κ3) is 0.959. The number of rotatable bonds is 0. The van der Waals surface area contributed by atoms with E-state index in [0.717, 1.165) is 6.21 Å². The molecule has 1 heterocycles. The van der Waals surface area contributed by atoms with Crippen LogP contribution in [0.5, 0.6) is 0 Å². The Bertz CT molecular complexity index is 170. The van der Waals surface area contributed by atoms with Crippen LogP contribution in [0.4, 0.5) is 4.39 Å². The van der Waals surface area contributed by atoms with Gasteiger partial charge in [-0.1, -0.05) is 0 Å². The third-order valence-electron chi connectivity index (χ3n) is 0.680. The number of carbonyl (C=O) groups is 1. The average molecular weight is 114 g/mol. The number of halogens is 1. The molecule has 0 amide bonds. The average Bonchev–Trinajstić information content (AvgIpc) is 1.77. The van der Waals surface area contributed by atoms with Crippen LogP contribution in [-0.4, -0.2) is 24.6 Å². The topological polar surface area (TPSA) is 41.8 Å². The zero-order valence-corrected chi connectivity index (χ0v) is 3.97. The van der Waals surface area contributed by atoms with Crippen molar-refractivity contribution < 1.29 is 9.18 Å². The molecule has 8 heavy (non-hydrogen) atoms. The first kappa shape index (κ1) is 5.08. The Labute approximate surface area is 44.9 Å². The van der Waals surface area contributed by atoms with E-state index < -0.39 is 6.09 Å². The van der Waals surface area contributed by atoms with Crippen molar-refractivity contribution in [2.24, 2.45) is 9.98 Å². The number of Topliss-reactive ketones (excluding diaryl/α,β-unsaturated/α-hetero) is 1. The van der Waals surface area contributed by atoms with Crippen LogP contribution in [0.15, 0.2) is 9.98 Å². The Morgan fingerprint density at radius 1 is 1.75 bits per heavy atom. The van der Waals surface area contributed by atoms with E-state index in [2.05, 4.69) is 9.98 Å². The Morgan fingerprint density at radius 3 is 2.88 bits per heavy atom. The van der Waals surface area contributed by atoms with Crippen LogP contribution in [0.25, 0.3) is 0 Å². The molecule has 3 nitrogen and oxygen atoms in total. The maximum absolute atomic E-state index is 11.8. The number of hydrogen-bond donors (Lipinski definition) is 0. The molecule has 0 aromatic heterocycles. The van der Waals surface area contributed by atoms with Gasteiger partial charge in [0.15, 0.2) is 5.78 Å². The second kappa shape index (κ2) is 1.81. The molecule has 0 unspecified atom stereocenters. The molecule has 0 fully saturated rings. The molecule has 0 aromatic carbocycles. The lowest BCUT2D eigenvalue weighted by atomic mass is 10.4. The number of aliphatic imine (C=N–C) groups is 2. The molecule has 0 spiro atoms. The Balaban J connectivity index is 2.71. The summed E-state index contributed by atoms with van der Waals surface area (Å²) >= 11 is 0. The fourth-order valence-electron chi connectivity index (χ4n) is 0.350. The van der Waals surface area contributed by atoms with E-state index in [0.29, 0.717) is 0 Å². The number of amidine groups is 1. The van der Waals surface area contributed by atoms with E-state index in [9.17, 15) is 9.18 Å². The number of ketones is 1. The van der Waals surface area contributed by atoms with E-state index in [1.54, 1.807) is 0 Å². The molecule has 1 aliphatic rings. The largest absolute Gasteiger partial charge is 0.304 e. The maximum atomic E-state index is 11.8. The van der Waals surface area contributed by atoms with Gasteiger partial charge >= 0.3 is 6.09 Å². The van der Waals surface area contributed by atoms with E-state index in [4.69, 9.17) is 0 Å². The lowest BCUT2D eigenvalue weighted by Gasteiger charge is -1.92. The van der Waals surface area contributed by atoms with Crippen LogP contribution in [0.1, 0.15) is 0 Å². The van der Waals surface area contributed by atoms with Crippen molar-refractivity contribution in [1.82, 2.24) is 0 Å². The van der Waals surface area contributed by atoms with Gasteiger partial charge in [0.25, 0.3) is 0 Å². The molecule has 0 saturated heterocycles. The lowest BCUT2D eigenvalue weighted by molar-refractivity contribution is -0.111. The lowest BCUT2D eigenvalue weighted by Crippen LogP contribution is -2.10. The first-order chi connectivity index (χ1) is 3.79. The highest BCUT2D eigenvalue weighted by Gasteiger charge is 2.02.